The highest BCUT2D eigenvalue weighted by Gasteiger charge is 2.39. The summed E-state index contributed by atoms with van der Waals surface area (Å²) in [6.45, 7) is 3.59. The van der Waals surface area contributed by atoms with E-state index in [0.29, 0.717) is 6.04 Å². The monoisotopic (exact) mass is 255 g/mol. The average Bonchev–Trinajstić information content (AvgIpc) is 2.82. The van der Waals surface area contributed by atoms with Crippen molar-refractivity contribution in [2.75, 3.05) is 40.3 Å². The molecule has 0 aromatic rings. The van der Waals surface area contributed by atoms with Crippen LogP contribution in [0.5, 0.6) is 0 Å². The Morgan fingerprint density at radius 2 is 2.22 bits per heavy atom. The summed E-state index contributed by atoms with van der Waals surface area (Å²) >= 11 is 0. The number of carbonyl (C=O) groups is 1. The number of likely N-dealkylation sites (tertiary alicyclic amines) is 1. The lowest BCUT2D eigenvalue weighted by molar-refractivity contribution is -0.146. The van der Waals surface area contributed by atoms with Gasteiger partial charge in [-0.25, -0.2) is 0 Å². The second kappa shape index (κ2) is 5.99. The van der Waals surface area contributed by atoms with Gasteiger partial charge in [0.15, 0.2) is 0 Å². The molecule has 5 heteroatoms. The second-order valence-electron chi connectivity index (χ2n) is 5.44. The number of amides is 1. The highest BCUT2D eigenvalue weighted by atomic mass is 16.5. The zero-order valence-corrected chi connectivity index (χ0v) is 11.5. The molecule has 2 N–H and O–H groups in total. The summed E-state index contributed by atoms with van der Waals surface area (Å²) in [5.41, 5.74) is -0.609. The van der Waals surface area contributed by atoms with Crippen molar-refractivity contribution < 1.29 is 9.53 Å². The molecule has 5 nitrogen and oxygen atoms in total. The van der Waals surface area contributed by atoms with Crippen LogP contribution < -0.4 is 10.6 Å². The Morgan fingerprint density at radius 3 is 2.78 bits per heavy atom. The van der Waals surface area contributed by atoms with Crippen LogP contribution in [0.2, 0.25) is 0 Å². The third-order valence-electron chi connectivity index (χ3n) is 4.39. The first kappa shape index (κ1) is 13.8. The number of likely N-dealkylation sites (N-methyl/N-ethyl adjacent to an activating group) is 1. The minimum Gasteiger partial charge on any atom is -0.368 e. The summed E-state index contributed by atoms with van der Waals surface area (Å²) in [5, 5.41) is 6.35. The molecule has 2 aliphatic rings. The fraction of sp³-hybridized carbons (Fsp3) is 0.923. The van der Waals surface area contributed by atoms with Crippen LogP contribution in [-0.2, 0) is 9.53 Å². The van der Waals surface area contributed by atoms with Crippen LogP contribution in [-0.4, -0.2) is 62.8 Å². The number of ether oxygens (including phenoxy) is 1. The quantitative estimate of drug-likeness (QED) is 0.740. The molecule has 0 spiro atoms. The van der Waals surface area contributed by atoms with Crippen LogP contribution in [0.1, 0.15) is 25.7 Å². The molecule has 2 fully saturated rings. The smallest absolute Gasteiger partial charge is 0.252 e. The first-order valence-corrected chi connectivity index (χ1v) is 6.92. The number of carbonyl (C=O) groups excluding carboxylic acids is 1. The van der Waals surface area contributed by atoms with Crippen LogP contribution in [0.3, 0.4) is 0 Å². The van der Waals surface area contributed by atoms with Gasteiger partial charge in [-0.05, 0) is 52.4 Å². The molecular formula is C13H25N3O2. The van der Waals surface area contributed by atoms with Gasteiger partial charge in [0.25, 0.3) is 5.91 Å². The van der Waals surface area contributed by atoms with Crippen molar-refractivity contribution in [2.45, 2.75) is 37.3 Å². The molecule has 2 rings (SSSR count). The zero-order chi connectivity index (χ0) is 13.0. The molecule has 0 radical (unpaired) electrons. The third kappa shape index (κ3) is 2.84. The summed E-state index contributed by atoms with van der Waals surface area (Å²) < 4.78 is 5.52. The summed E-state index contributed by atoms with van der Waals surface area (Å²) in [7, 11) is 3.77. The van der Waals surface area contributed by atoms with Crippen molar-refractivity contribution in [3.05, 3.63) is 0 Å². The molecule has 0 saturated carbocycles. The summed E-state index contributed by atoms with van der Waals surface area (Å²) in [6.07, 6.45) is 3.93. The molecule has 0 aromatic carbocycles. The maximum absolute atomic E-state index is 12.3. The number of piperidine rings is 1. The highest BCUT2D eigenvalue weighted by molar-refractivity contribution is 5.85. The maximum Gasteiger partial charge on any atom is 0.252 e. The molecule has 2 heterocycles. The first-order chi connectivity index (χ1) is 8.68. The molecular weight excluding hydrogens is 230 g/mol. The number of methoxy groups -OCH3 is 1. The molecule has 104 valence electrons. The molecule has 2 saturated heterocycles. The minimum atomic E-state index is -0.609. The Balaban J connectivity index is 1.85. The van der Waals surface area contributed by atoms with E-state index < -0.39 is 5.60 Å². The van der Waals surface area contributed by atoms with Crippen molar-refractivity contribution in [2.24, 2.45) is 0 Å². The molecule has 0 aliphatic carbocycles. The molecule has 18 heavy (non-hydrogen) atoms. The fourth-order valence-electron chi connectivity index (χ4n) is 2.96. The second-order valence-corrected chi connectivity index (χ2v) is 5.44. The SMILES string of the molecule is COC1(C(=O)NCC2CCCN2C)CCNCC1. The van der Waals surface area contributed by atoms with E-state index in [1.54, 1.807) is 7.11 Å². The Hall–Kier alpha value is -0.650. The van der Waals surface area contributed by atoms with Gasteiger partial charge in [-0.3, -0.25) is 4.79 Å². The van der Waals surface area contributed by atoms with Gasteiger partial charge in [-0.15, -0.1) is 0 Å². The van der Waals surface area contributed by atoms with E-state index in [2.05, 4.69) is 22.6 Å². The Morgan fingerprint density at radius 1 is 1.50 bits per heavy atom. The van der Waals surface area contributed by atoms with Crippen molar-refractivity contribution in [3.63, 3.8) is 0 Å². The fourth-order valence-corrected chi connectivity index (χ4v) is 2.96. The number of hydrogen-bond donors (Lipinski definition) is 2. The lowest BCUT2D eigenvalue weighted by atomic mass is 9.91. The number of rotatable bonds is 4. The normalized spacial score (nSPS) is 28.2. The van der Waals surface area contributed by atoms with Crippen LogP contribution in [0.25, 0.3) is 0 Å². The molecule has 1 amide bonds. The topological polar surface area (TPSA) is 53.6 Å². The van der Waals surface area contributed by atoms with Gasteiger partial charge in [-0.1, -0.05) is 0 Å². The molecule has 0 aromatic heterocycles. The lowest BCUT2D eigenvalue weighted by Gasteiger charge is -2.35. The van der Waals surface area contributed by atoms with Crippen LogP contribution in [0.4, 0.5) is 0 Å². The Kier molecular flexibility index (Phi) is 4.59. The number of hydrogen-bond acceptors (Lipinski definition) is 4. The number of nitrogens with zero attached hydrogens (tertiary/aromatic N) is 1. The van der Waals surface area contributed by atoms with Gasteiger partial charge in [0, 0.05) is 19.7 Å². The van der Waals surface area contributed by atoms with Crippen molar-refractivity contribution in [1.29, 1.82) is 0 Å². The van der Waals surface area contributed by atoms with Gasteiger partial charge < -0.3 is 20.3 Å². The van der Waals surface area contributed by atoms with Gasteiger partial charge >= 0.3 is 0 Å². The molecule has 2 aliphatic heterocycles. The van der Waals surface area contributed by atoms with Crippen LogP contribution in [0.15, 0.2) is 0 Å². The zero-order valence-electron chi connectivity index (χ0n) is 11.5. The van der Waals surface area contributed by atoms with Gasteiger partial charge in [0.1, 0.15) is 5.60 Å². The van der Waals surface area contributed by atoms with Crippen molar-refractivity contribution in [3.8, 4) is 0 Å². The number of nitrogens with one attached hydrogen (secondary N) is 2. The predicted octanol–water partition coefficient (Wildman–Crippen LogP) is -0.0346. The van der Waals surface area contributed by atoms with Crippen LogP contribution in [0, 0.1) is 0 Å². The largest absolute Gasteiger partial charge is 0.368 e. The van der Waals surface area contributed by atoms with Gasteiger partial charge in [0.05, 0.1) is 0 Å². The molecule has 1 atom stereocenters. The standard InChI is InChI=1S/C13H25N3O2/c1-16-9-3-4-11(16)10-15-12(17)13(18-2)5-7-14-8-6-13/h11,14H,3-10H2,1-2H3,(H,15,17). The van der Waals surface area contributed by atoms with E-state index in [-0.39, 0.29) is 5.91 Å². The van der Waals surface area contributed by atoms with Crippen molar-refractivity contribution >= 4 is 5.91 Å². The van der Waals surface area contributed by atoms with E-state index in [4.69, 9.17) is 4.74 Å². The summed E-state index contributed by atoms with van der Waals surface area (Å²) in [5.74, 6) is 0.0619. The Labute approximate surface area is 109 Å². The Bertz CT molecular complexity index is 290. The highest BCUT2D eigenvalue weighted by Crippen LogP contribution is 2.23. The lowest BCUT2D eigenvalue weighted by Crippen LogP contribution is -2.55. The predicted molar refractivity (Wildman–Crippen MR) is 70.5 cm³/mol. The van der Waals surface area contributed by atoms with E-state index >= 15 is 0 Å². The maximum atomic E-state index is 12.3. The van der Waals surface area contributed by atoms with E-state index in [1.165, 1.54) is 12.8 Å². The summed E-state index contributed by atoms with van der Waals surface area (Å²) in [4.78, 5) is 14.7. The van der Waals surface area contributed by atoms with E-state index in [9.17, 15) is 4.79 Å². The van der Waals surface area contributed by atoms with Crippen LogP contribution >= 0.6 is 0 Å². The molecule has 0 bridgehead atoms. The third-order valence-corrected chi connectivity index (χ3v) is 4.39. The average molecular weight is 255 g/mol. The van der Waals surface area contributed by atoms with Crippen molar-refractivity contribution in [1.82, 2.24) is 15.5 Å². The van der Waals surface area contributed by atoms with Gasteiger partial charge in [0.2, 0.25) is 0 Å². The van der Waals surface area contributed by atoms with E-state index in [0.717, 1.165) is 39.0 Å². The summed E-state index contributed by atoms with van der Waals surface area (Å²) in [6, 6.07) is 0.490. The molecule has 1 unspecified atom stereocenters. The first-order valence-electron chi connectivity index (χ1n) is 6.92. The minimum absolute atomic E-state index is 0.0619. The van der Waals surface area contributed by atoms with E-state index in [1.807, 2.05) is 0 Å². The van der Waals surface area contributed by atoms with Gasteiger partial charge in [-0.2, -0.15) is 0 Å².